The summed E-state index contributed by atoms with van der Waals surface area (Å²) < 4.78 is 2.25. The van der Waals surface area contributed by atoms with E-state index in [1.54, 1.807) is 0 Å². The van der Waals surface area contributed by atoms with Gasteiger partial charge in [0.15, 0.2) is 0 Å². The third-order valence-electron chi connectivity index (χ3n) is 3.55. The Kier molecular flexibility index (Phi) is 4.57. The molecule has 4 nitrogen and oxygen atoms in total. The Morgan fingerprint density at radius 2 is 2.18 bits per heavy atom. The van der Waals surface area contributed by atoms with Gasteiger partial charge in [0, 0.05) is 25.3 Å². The topological polar surface area (TPSA) is 33.1 Å². The van der Waals surface area contributed by atoms with Gasteiger partial charge in [-0.1, -0.05) is 6.92 Å². The van der Waals surface area contributed by atoms with Crippen molar-refractivity contribution < 1.29 is 0 Å². The van der Waals surface area contributed by atoms with Crippen LogP contribution < -0.4 is 5.32 Å². The molecule has 17 heavy (non-hydrogen) atoms. The van der Waals surface area contributed by atoms with Gasteiger partial charge < -0.3 is 14.8 Å². The first-order chi connectivity index (χ1) is 8.29. The van der Waals surface area contributed by atoms with E-state index in [9.17, 15) is 0 Å². The zero-order chi connectivity index (χ0) is 12.1. The molecule has 1 aliphatic rings. The Hall–Kier alpha value is -0.870. The average Bonchev–Trinajstić information content (AvgIpc) is 2.77. The lowest BCUT2D eigenvalue weighted by Gasteiger charge is -2.29. The maximum Gasteiger partial charge on any atom is 0.0948 e. The lowest BCUT2D eigenvalue weighted by atomic mass is 10.1. The van der Waals surface area contributed by atoms with Crippen molar-refractivity contribution in [3.8, 4) is 0 Å². The standard InChI is InChI=1S/C13H24N4/c1-3-6-17-11-14-9-13(17)10-15-12-4-7-16(2)8-5-12/h9,11-12,15H,3-8,10H2,1-2H3. The molecule has 1 N–H and O–H groups in total. The van der Waals surface area contributed by atoms with Gasteiger partial charge in [0.1, 0.15) is 0 Å². The zero-order valence-corrected chi connectivity index (χ0v) is 11.0. The molecule has 0 aromatic carbocycles. The lowest BCUT2D eigenvalue weighted by Crippen LogP contribution is -2.40. The monoisotopic (exact) mass is 236 g/mol. The highest BCUT2D eigenvalue weighted by Gasteiger charge is 2.16. The molecule has 1 aliphatic heterocycles. The summed E-state index contributed by atoms with van der Waals surface area (Å²) in [5.74, 6) is 0. The number of imidazole rings is 1. The predicted octanol–water partition coefficient (Wildman–Crippen LogP) is 1.48. The summed E-state index contributed by atoms with van der Waals surface area (Å²) in [5.41, 5.74) is 1.31. The number of hydrogen-bond acceptors (Lipinski definition) is 3. The normalized spacial score (nSPS) is 18.7. The molecule has 1 aromatic heterocycles. The number of nitrogens with one attached hydrogen (secondary N) is 1. The Morgan fingerprint density at radius 3 is 2.88 bits per heavy atom. The Labute approximate surface area is 104 Å². The summed E-state index contributed by atoms with van der Waals surface area (Å²) >= 11 is 0. The maximum absolute atomic E-state index is 4.23. The minimum absolute atomic E-state index is 0.677. The van der Waals surface area contributed by atoms with Crippen LogP contribution in [-0.4, -0.2) is 40.6 Å². The summed E-state index contributed by atoms with van der Waals surface area (Å²) in [5, 5.41) is 3.66. The Balaban J connectivity index is 1.79. The van der Waals surface area contributed by atoms with Gasteiger partial charge in [0.25, 0.3) is 0 Å². The van der Waals surface area contributed by atoms with E-state index in [1.807, 2.05) is 12.5 Å². The maximum atomic E-state index is 4.23. The van der Waals surface area contributed by atoms with Crippen LogP contribution in [0.5, 0.6) is 0 Å². The first kappa shape index (κ1) is 12.6. The molecule has 0 aliphatic carbocycles. The van der Waals surface area contributed by atoms with E-state index in [-0.39, 0.29) is 0 Å². The van der Waals surface area contributed by atoms with Gasteiger partial charge in [-0.3, -0.25) is 0 Å². The number of nitrogens with zero attached hydrogens (tertiary/aromatic N) is 3. The van der Waals surface area contributed by atoms with Gasteiger partial charge in [-0.15, -0.1) is 0 Å². The minimum Gasteiger partial charge on any atom is -0.333 e. The molecule has 4 heteroatoms. The molecule has 2 rings (SSSR count). The highest BCUT2D eigenvalue weighted by molar-refractivity contribution is 4.98. The van der Waals surface area contributed by atoms with E-state index in [2.05, 4.69) is 33.7 Å². The largest absolute Gasteiger partial charge is 0.333 e. The molecule has 1 aromatic rings. The summed E-state index contributed by atoms with van der Waals surface area (Å²) in [4.78, 5) is 6.63. The highest BCUT2D eigenvalue weighted by Crippen LogP contribution is 2.09. The van der Waals surface area contributed by atoms with Gasteiger partial charge in [0.2, 0.25) is 0 Å². The number of aryl methyl sites for hydroxylation is 1. The molecule has 0 unspecified atom stereocenters. The second-order valence-corrected chi connectivity index (χ2v) is 5.04. The van der Waals surface area contributed by atoms with Crippen LogP contribution >= 0.6 is 0 Å². The van der Waals surface area contributed by atoms with Crippen molar-refractivity contribution in [2.45, 2.75) is 45.3 Å². The molecule has 1 fully saturated rings. The van der Waals surface area contributed by atoms with Crippen molar-refractivity contribution in [1.29, 1.82) is 0 Å². The molecule has 2 heterocycles. The molecule has 0 spiro atoms. The summed E-state index contributed by atoms with van der Waals surface area (Å²) in [6.07, 6.45) is 7.61. The number of aromatic nitrogens is 2. The fraction of sp³-hybridized carbons (Fsp3) is 0.769. The lowest BCUT2D eigenvalue weighted by molar-refractivity contribution is 0.233. The first-order valence-electron chi connectivity index (χ1n) is 6.70. The van der Waals surface area contributed by atoms with Gasteiger partial charge in [0.05, 0.1) is 12.0 Å². The molecule has 0 saturated carbocycles. The van der Waals surface area contributed by atoms with Crippen LogP contribution in [0.3, 0.4) is 0 Å². The van der Waals surface area contributed by atoms with Crippen molar-refractivity contribution in [2.24, 2.45) is 0 Å². The summed E-state index contributed by atoms with van der Waals surface area (Å²) in [7, 11) is 2.20. The first-order valence-corrected chi connectivity index (χ1v) is 6.70. The molecule has 96 valence electrons. The summed E-state index contributed by atoms with van der Waals surface area (Å²) in [6.45, 7) is 6.66. The van der Waals surface area contributed by atoms with Gasteiger partial charge in [-0.25, -0.2) is 4.98 Å². The molecular formula is C13H24N4. The van der Waals surface area contributed by atoms with Gasteiger partial charge in [-0.2, -0.15) is 0 Å². The van der Waals surface area contributed by atoms with Crippen molar-refractivity contribution in [1.82, 2.24) is 19.8 Å². The van der Waals surface area contributed by atoms with E-state index in [4.69, 9.17) is 0 Å². The van der Waals surface area contributed by atoms with Crippen LogP contribution in [0.15, 0.2) is 12.5 Å². The number of piperidine rings is 1. The summed E-state index contributed by atoms with van der Waals surface area (Å²) in [6, 6.07) is 0.677. The third-order valence-corrected chi connectivity index (χ3v) is 3.55. The highest BCUT2D eigenvalue weighted by atomic mass is 15.1. The van der Waals surface area contributed by atoms with Crippen LogP contribution in [0.2, 0.25) is 0 Å². The van der Waals surface area contributed by atoms with E-state index in [0.29, 0.717) is 6.04 Å². The van der Waals surface area contributed by atoms with E-state index in [0.717, 1.165) is 19.5 Å². The van der Waals surface area contributed by atoms with Gasteiger partial charge in [-0.05, 0) is 39.4 Å². The SMILES string of the molecule is CCCn1cncc1CNC1CCN(C)CC1. The van der Waals surface area contributed by atoms with Crippen molar-refractivity contribution >= 4 is 0 Å². The second-order valence-electron chi connectivity index (χ2n) is 5.04. The zero-order valence-electron chi connectivity index (χ0n) is 11.0. The second kappa shape index (κ2) is 6.17. The fourth-order valence-corrected chi connectivity index (χ4v) is 2.40. The predicted molar refractivity (Wildman–Crippen MR) is 69.9 cm³/mol. The van der Waals surface area contributed by atoms with Crippen LogP contribution in [0.25, 0.3) is 0 Å². The third kappa shape index (κ3) is 3.54. The Morgan fingerprint density at radius 1 is 1.41 bits per heavy atom. The number of likely N-dealkylation sites (tertiary alicyclic amines) is 1. The van der Waals surface area contributed by atoms with E-state index >= 15 is 0 Å². The van der Waals surface area contributed by atoms with E-state index < -0.39 is 0 Å². The molecule has 0 radical (unpaired) electrons. The molecule has 0 amide bonds. The molecule has 0 atom stereocenters. The quantitative estimate of drug-likeness (QED) is 0.840. The Bertz CT molecular complexity index is 326. The van der Waals surface area contributed by atoms with Crippen molar-refractivity contribution in [3.05, 3.63) is 18.2 Å². The van der Waals surface area contributed by atoms with Crippen LogP contribution in [-0.2, 0) is 13.1 Å². The number of hydrogen-bond donors (Lipinski definition) is 1. The molecule has 1 saturated heterocycles. The smallest absolute Gasteiger partial charge is 0.0948 e. The van der Waals surface area contributed by atoms with Crippen molar-refractivity contribution in [2.75, 3.05) is 20.1 Å². The van der Waals surface area contributed by atoms with Gasteiger partial charge >= 0.3 is 0 Å². The van der Waals surface area contributed by atoms with Crippen LogP contribution in [0.1, 0.15) is 31.9 Å². The van der Waals surface area contributed by atoms with Crippen LogP contribution in [0, 0.1) is 0 Å². The minimum atomic E-state index is 0.677. The fourth-order valence-electron chi connectivity index (χ4n) is 2.40. The van der Waals surface area contributed by atoms with Crippen molar-refractivity contribution in [3.63, 3.8) is 0 Å². The van der Waals surface area contributed by atoms with E-state index in [1.165, 1.54) is 31.6 Å². The molecular weight excluding hydrogens is 212 g/mol. The average molecular weight is 236 g/mol. The molecule has 0 bridgehead atoms. The number of rotatable bonds is 5. The van der Waals surface area contributed by atoms with Crippen LogP contribution in [0.4, 0.5) is 0 Å².